The van der Waals surface area contributed by atoms with Crippen molar-refractivity contribution in [3.05, 3.63) is 87.4 Å². The molecule has 0 nitrogen and oxygen atoms in total. The topological polar surface area (TPSA) is 0 Å². The summed E-state index contributed by atoms with van der Waals surface area (Å²) in [4.78, 5) is 0. The summed E-state index contributed by atoms with van der Waals surface area (Å²) in [6, 6.07) is 18.0. The predicted molar refractivity (Wildman–Crippen MR) is 99.5 cm³/mol. The van der Waals surface area contributed by atoms with Crippen LogP contribution in [0.3, 0.4) is 0 Å². The summed E-state index contributed by atoms with van der Waals surface area (Å²) in [5.74, 6) is 2.12. The molecule has 0 N–H and O–H groups in total. The smallest absolute Gasteiger partial charge is 0.0175 e. The minimum absolute atomic E-state index is 0.594. The Morgan fingerprint density at radius 2 is 1.57 bits per heavy atom. The fraction of sp³-hybridized carbons (Fsp3) is 0.273. The molecule has 3 aliphatic carbocycles. The maximum Gasteiger partial charge on any atom is 0.0175 e. The van der Waals surface area contributed by atoms with Crippen molar-refractivity contribution in [1.29, 1.82) is 0 Å². The van der Waals surface area contributed by atoms with Crippen LogP contribution in [0.2, 0.25) is 0 Å². The molecule has 0 aromatic heterocycles. The SMILES string of the molecule is Brc1ccc(C2=C3C(CC=C2)c2ccccc2C2CCC32)cc1. The first-order valence-electron chi connectivity index (χ1n) is 8.58. The second-order valence-electron chi connectivity index (χ2n) is 6.99. The predicted octanol–water partition coefficient (Wildman–Crippen LogP) is 6.45. The number of allylic oxidation sites excluding steroid dienone is 4. The summed E-state index contributed by atoms with van der Waals surface area (Å²) in [5.41, 5.74) is 7.78. The number of fused-ring (bicyclic) bond motifs is 6. The van der Waals surface area contributed by atoms with Crippen molar-refractivity contribution in [2.75, 3.05) is 0 Å². The molecular formula is C22H19Br. The van der Waals surface area contributed by atoms with E-state index in [0.717, 1.165) is 22.7 Å². The van der Waals surface area contributed by atoms with E-state index in [1.807, 2.05) is 0 Å². The number of hydrogen-bond donors (Lipinski definition) is 0. The average molecular weight is 363 g/mol. The Hall–Kier alpha value is -1.60. The largest absolute Gasteiger partial charge is 0.0830 e. The fourth-order valence-electron chi connectivity index (χ4n) is 4.79. The van der Waals surface area contributed by atoms with Gasteiger partial charge in [-0.1, -0.05) is 70.1 Å². The maximum atomic E-state index is 3.56. The van der Waals surface area contributed by atoms with Crippen LogP contribution < -0.4 is 0 Å². The molecule has 0 amide bonds. The molecule has 1 heteroatoms. The monoisotopic (exact) mass is 362 g/mol. The van der Waals surface area contributed by atoms with Gasteiger partial charge in [-0.05, 0) is 65.5 Å². The molecule has 0 heterocycles. The maximum absolute atomic E-state index is 3.56. The van der Waals surface area contributed by atoms with Crippen LogP contribution in [0.15, 0.2) is 70.7 Å². The Labute approximate surface area is 146 Å². The van der Waals surface area contributed by atoms with Crippen LogP contribution in [-0.2, 0) is 0 Å². The lowest BCUT2D eigenvalue weighted by atomic mass is 9.55. The molecule has 0 bridgehead atoms. The highest BCUT2D eigenvalue weighted by atomic mass is 79.9. The van der Waals surface area contributed by atoms with Gasteiger partial charge in [-0.2, -0.15) is 0 Å². The van der Waals surface area contributed by atoms with Gasteiger partial charge in [0.1, 0.15) is 0 Å². The van der Waals surface area contributed by atoms with Crippen molar-refractivity contribution in [1.82, 2.24) is 0 Å². The highest BCUT2D eigenvalue weighted by Crippen LogP contribution is 2.59. The van der Waals surface area contributed by atoms with E-state index in [2.05, 4.69) is 76.6 Å². The van der Waals surface area contributed by atoms with Crippen molar-refractivity contribution in [2.45, 2.75) is 31.1 Å². The van der Waals surface area contributed by atoms with E-state index in [0.29, 0.717) is 5.92 Å². The molecule has 5 rings (SSSR count). The molecule has 1 saturated carbocycles. The zero-order valence-corrected chi connectivity index (χ0v) is 14.6. The Morgan fingerprint density at radius 3 is 2.30 bits per heavy atom. The normalized spacial score (nSPS) is 27.8. The average Bonchev–Trinajstić information content (AvgIpc) is 2.55. The Morgan fingerprint density at radius 1 is 0.826 bits per heavy atom. The summed E-state index contributed by atoms with van der Waals surface area (Å²) < 4.78 is 1.15. The minimum Gasteiger partial charge on any atom is -0.0830 e. The molecule has 23 heavy (non-hydrogen) atoms. The van der Waals surface area contributed by atoms with Gasteiger partial charge in [0.2, 0.25) is 0 Å². The standard InChI is InChI=1S/C22H19Br/c23-15-10-8-14(9-11-15)16-6-3-7-20-18-5-2-1-4-17(18)19-12-13-21(19)22(16)20/h1-6,8-11,19-21H,7,12-13H2. The first-order valence-corrected chi connectivity index (χ1v) is 9.37. The molecule has 3 unspecified atom stereocenters. The Bertz CT molecular complexity index is 825. The third kappa shape index (κ3) is 2.03. The Balaban J connectivity index is 1.71. The fourth-order valence-corrected chi connectivity index (χ4v) is 5.05. The Kier molecular flexibility index (Phi) is 3.12. The van der Waals surface area contributed by atoms with E-state index in [9.17, 15) is 0 Å². The summed E-state index contributed by atoms with van der Waals surface area (Å²) in [5, 5.41) is 0. The second-order valence-corrected chi connectivity index (χ2v) is 7.90. The van der Waals surface area contributed by atoms with Gasteiger partial charge >= 0.3 is 0 Å². The first-order chi connectivity index (χ1) is 11.3. The van der Waals surface area contributed by atoms with E-state index in [4.69, 9.17) is 0 Å². The van der Waals surface area contributed by atoms with Crippen molar-refractivity contribution in [2.24, 2.45) is 5.92 Å². The number of halogens is 1. The molecule has 0 saturated heterocycles. The van der Waals surface area contributed by atoms with Gasteiger partial charge in [0.25, 0.3) is 0 Å². The van der Waals surface area contributed by atoms with E-state index in [1.165, 1.54) is 24.0 Å². The molecule has 0 spiro atoms. The van der Waals surface area contributed by atoms with Gasteiger partial charge in [0, 0.05) is 10.4 Å². The van der Waals surface area contributed by atoms with Gasteiger partial charge in [0.15, 0.2) is 0 Å². The van der Waals surface area contributed by atoms with Crippen molar-refractivity contribution in [3.8, 4) is 0 Å². The van der Waals surface area contributed by atoms with E-state index >= 15 is 0 Å². The molecular weight excluding hydrogens is 344 g/mol. The molecule has 2 aromatic carbocycles. The second kappa shape index (κ2) is 5.21. The molecule has 3 aliphatic rings. The van der Waals surface area contributed by atoms with Gasteiger partial charge in [-0.25, -0.2) is 0 Å². The molecule has 1 fully saturated rings. The van der Waals surface area contributed by atoms with Crippen LogP contribution in [0.1, 0.15) is 47.8 Å². The minimum atomic E-state index is 0.594. The lowest BCUT2D eigenvalue weighted by molar-refractivity contribution is 0.271. The van der Waals surface area contributed by atoms with Crippen LogP contribution in [-0.4, -0.2) is 0 Å². The lowest BCUT2D eigenvalue weighted by Crippen LogP contribution is -2.34. The van der Waals surface area contributed by atoms with Crippen molar-refractivity contribution < 1.29 is 0 Å². The molecule has 114 valence electrons. The van der Waals surface area contributed by atoms with Crippen molar-refractivity contribution in [3.63, 3.8) is 0 Å². The number of rotatable bonds is 1. The van der Waals surface area contributed by atoms with Gasteiger partial charge in [-0.3, -0.25) is 0 Å². The van der Waals surface area contributed by atoms with Crippen LogP contribution in [0.4, 0.5) is 0 Å². The van der Waals surface area contributed by atoms with Crippen LogP contribution in [0, 0.1) is 5.92 Å². The van der Waals surface area contributed by atoms with Crippen LogP contribution >= 0.6 is 15.9 Å². The van der Waals surface area contributed by atoms with Crippen LogP contribution in [0.25, 0.3) is 5.57 Å². The van der Waals surface area contributed by atoms with Gasteiger partial charge < -0.3 is 0 Å². The summed E-state index contributed by atoms with van der Waals surface area (Å²) in [6.45, 7) is 0. The van der Waals surface area contributed by atoms with Crippen molar-refractivity contribution >= 4 is 21.5 Å². The molecule has 2 aromatic rings. The lowest BCUT2D eigenvalue weighted by Gasteiger charge is -2.49. The van der Waals surface area contributed by atoms with Crippen LogP contribution in [0.5, 0.6) is 0 Å². The highest BCUT2D eigenvalue weighted by molar-refractivity contribution is 9.10. The highest BCUT2D eigenvalue weighted by Gasteiger charge is 2.44. The van der Waals surface area contributed by atoms with E-state index < -0.39 is 0 Å². The molecule has 3 atom stereocenters. The summed E-state index contributed by atoms with van der Waals surface area (Å²) in [6.07, 6.45) is 8.63. The first kappa shape index (κ1) is 13.8. The zero-order chi connectivity index (χ0) is 15.4. The quantitative estimate of drug-likeness (QED) is 0.546. The molecule has 0 radical (unpaired) electrons. The van der Waals surface area contributed by atoms with E-state index in [1.54, 1.807) is 16.7 Å². The number of benzene rings is 2. The molecule has 0 aliphatic heterocycles. The van der Waals surface area contributed by atoms with Gasteiger partial charge in [-0.15, -0.1) is 0 Å². The van der Waals surface area contributed by atoms with Gasteiger partial charge in [0.05, 0.1) is 0 Å². The summed E-state index contributed by atoms with van der Waals surface area (Å²) in [7, 11) is 0. The summed E-state index contributed by atoms with van der Waals surface area (Å²) >= 11 is 3.56. The zero-order valence-electron chi connectivity index (χ0n) is 13.0. The third-order valence-electron chi connectivity index (χ3n) is 5.94. The third-order valence-corrected chi connectivity index (χ3v) is 6.47. The number of hydrogen-bond acceptors (Lipinski definition) is 0. The van der Waals surface area contributed by atoms with E-state index in [-0.39, 0.29) is 0 Å².